The quantitative estimate of drug-likeness (QED) is 0.752. The Morgan fingerprint density at radius 1 is 1.25 bits per heavy atom. The van der Waals surface area contributed by atoms with Crippen molar-refractivity contribution in [1.82, 2.24) is 20.4 Å². The number of carbonyl (C=O) groups excluding carboxylic acids is 1. The molecule has 6 nitrogen and oxygen atoms in total. The van der Waals surface area contributed by atoms with Crippen molar-refractivity contribution in [2.75, 3.05) is 19.6 Å². The lowest BCUT2D eigenvalue weighted by Gasteiger charge is -2.12. The van der Waals surface area contributed by atoms with E-state index in [0.29, 0.717) is 18.8 Å². The highest BCUT2D eigenvalue weighted by Gasteiger charge is 2.16. The van der Waals surface area contributed by atoms with Crippen LogP contribution in [0.4, 0.5) is 4.39 Å². The van der Waals surface area contributed by atoms with Crippen molar-refractivity contribution < 1.29 is 9.18 Å². The van der Waals surface area contributed by atoms with E-state index in [-0.39, 0.29) is 11.4 Å². The molecule has 2 aromatic rings. The molecule has 0 bridgehead atoms. The monoisotopic (exact) mass is 332 g/mol. The average Bonchev–Trinajstić information content (AvgIpc) is 2.55. The van der Waals surface area contributed by atoms with Crippen LogP contribution in [0, 0.1) is 12.7 Å². The number of aromatic nitrogens is 2. The number of hydrogen-bond acceptors (Lipinski definition) is 4. The summed E-state index contributed by atoms with van der Waals surface area (Å²) in [7, 11) is 0. The van der Waals surface area contributed by atoms with Crippen LogP contribution in [0.5, 0.6) is 0 Å². The SMILES string of the molecule is CCCNCCNC(=O)c1nn(-c2ccccc2F)c(C)cc1=O. The van der Waals surface area contributed by atoms with Gasteiger partial charge >= 0.3 is 0 Å². The Labute approximate surface area is 139 Å². The summed E-state index contributed by atoms with van der Waals surface area (Å²) in [5, 5.41) is 9.83. The molecule has 0 unspecified atom stereocenters. The van der Waals surface area contributed by atoms with Crippen molar-refractivity contribution in [2.24, 2.45) is 0 Å². The van der Waals surface area contributed by atoms with Crippen LogP contribution in [0.15, 0.2) is 35.1 Å². The van der Waals surface area contributed by atoms with Crippen molar-refractivity contribution in [3.8, 4) is 5.69 Å². The number of aryl methyl sites for hydroxylation is 1. The van der Waals surface area contributed by atoms with Gasteiger partial charge in [0.25, 0.3) is 5.91 Å². The summed E-state index contributed by atoms with van der Waals surface area (Å²) >= 11 is 0. The Hall–Kier alpha value is -2.54. The van der Waals surface area contributed by atoms with E-state index in [9.17, 15) is 14.0 Å². The molecule has 0 aliphatic rings. The lowest BCUT2D eigenvalue weighted by molar-refractivity contribution is 0.0946. The number of carbonyl (C=O) groups is 1. The lowest BCUT2D eigenvalue weighted by Crippen LogP contribution is -2.36. The van der Waals surface area contributed by atoms with Crippen molar-refractivity contribution in [3.05, 3.63) is 57.8 Å². The molecule has 0 aliphatic heterocycles. The minimum absolute atomic E-state index is 0.189. The zero-order valence-electron chi connectivity index (χ0n) is 13.8. The van der Waals surface area contributed by atoms with E-state index in [0.717, 1.165) is 13.0 Å². The normalized spacial score (nSPS) is 10.6. The van der Waals surface area contributed by atoms with Gasteiger partial charge in [-0.1, -0.05) is 19.1 Å². The number of para-hydroxylation sites is 1. The van der Waals surface area contributed by atoms with Gasteiger partial charge in [0, 0.05) is 24.8 Å². The number of nitrogens with zero attached hydrogens (tertiary/aromatic N) is 2. The number of benzene rings is 1. The molecule has 0 spiro atoms. The van der Waals surface area contributed by atoms with Gasteiger partial charge in [0.2, 0.25) is 5.43 Å². The van der Waals surface area contributed by atoms with Crippen LogP contribution >= 0.6 is 0 Å². The van der Waals surface area contributed by atoms with Gasteiger partial charge in [0.15, 0.2) is 5.69 Å². The smallest absolute Gasteiger partial charge is 0.275 e. The van der Waals surface area contributed by atoms with Gasteiger partial charge in [-0.2, -0.15) is 5.10 Å². The van der Waals surface area contributed by atoms with Crippen molar-refractivity contribution in [3.63, 3.8) is 0 Å². The van der Waals surface area contributed by atoms with E-state index >= 15 is 0 Å². The molecule has 24 heavy (non-hydrogen) atoms. The molecule has 0 aliphatic carbocycles. The fourth-order valence-corrected chi connectivity index (χ4v) is 2.22. The van der Waals surface area contributed by atoms with E-state index in [1.807, 2.05) is 6.92 Å². The average molecular weight is 332 g/mol. The molecule has 7 heteroatoms. The Balaban J connectivity index is 2.22. The minimum Gasteiger partial charge on any atom is -0.349 e. The Kier molecular flexibility index (Phi) is 6.20. The van der Waals surface area contributed by atoms with Crippen LogP contribution in [0.3, 0.4) is 0 Å². The Morgan fingerprint density at radius 2 is 2.00 bits per heavy atom. The predicted molar refractivity (Wildman–Crippen MR) is 90.0 cm³/mol. The van der Waals surface area contributed by atoms with Gasteiger partial charge in [-0.3, -0.25) is 9.59 Å². The maximum Gasteiger partial charge on any atom is 0.275 e. The fourth-order valence-electron chi connectivity index (χ4n) is 2.22. The van der Waals surface area contributed by atoms with E-state index in [2.05, 4.69) is 15.7 Å². The third-order valence-corrected chi connectivity index (χ3v) is 3.42. The van der Waals surface area contributed by atoms with Crippen LogP contribution < -0.4 is 16.1 Å². The standard InChI is InChI=1S/C17H21FN4O2/c1-3-8-19-9-10-20-17(24)16-15(23)11-12(2)22(21-16)14-7-5-4-6-13(14)18/h4-7,11,19H,3,8-10H2,1-2H3,(H,20,24). The van der Waals surface area contributed by atoms with E-state index in [1.54, 1.807) is 19.1 Å². The highest BCUT2D eigenvalue weighted by atomic mass is 19.1. The molecule has 128 valence electrons. The molecule has 1 aromatic carbocycles. The first-order valence-corrected chi connectivity index (χ1v) is 7.89. The van der Waals surface area contributed by atoms with Crippen LogP contribution in [-0.4, -0.2) is 35.3 Å². The number of hydrogen-bond donors (Lipinski definition) is 2. The fraction of sp³-hybridized carbons (Fsp3) is 0.353. The second-order valence-electron chi connectivity index (χ2n) is 5.37. The van der Waals surface area contributed by atoms with Gasteiger partial charge < -0.3 is 10.6 Å². The molecule has 0 saturated heterocycles. The first-order chi connectivity index (χ1) is 11.5. The Morgan fingerprint density at radius 3 is 2.71 bits per heavy atom. The second kappa shape index (κ2) is 8.35. The van der Waals surface area contributed by atoms with Gasteiger partial charge in [0.05, 0.1) is 0 Å². The summed E-state index contributed by atoms with van der Waals surface area (Å²) < 4.78 is 15.2. The lowest BCUT2D eigenvalue weighted by atomic mass is 10.2. The van der Waals surface area contributed by atoms with Gasteiger partial charge in [-0.25, -0.2) is 9.07 Å². The largest absolute Gasteiger partial charge is 0.349 e. The summed E-state index contributed by atoms with van der Waals surface area (Å²) in [4.78, 5) is 24.2. The minimum atomic E-state index is -0.566. The maximum absolute atomic E-state index is 14.0. The van der Waals surface area contributed by atoms with Gasteiger partial charge in [-0.05, 0) is 32.0 Å². The van der Waals surface area contributed by atoms with E-state index in [4.69, 9.17) is 0 Å². The van der Waals surface area contributed by atoms with E-state index < -0.39 is 17.2 Å². The summed E-state index contributed by atoms with van der Waals surface area (Å²) in [6.07, 6.45) is 1.00. The van der Waals surface area contributed by atoms with Crippen LogP contribution in [0.25, 0.3) is 5.69 Å². The molecule has 0 saturated carbocycles. The molecule has 0 atom stereocenters. The highest BCUT2D eigenvalue weighted by molar-refractivity contribution is 5.92. The third-order valence-electron chi connectivity index (χ3n) is 3.42. The first kappa shape index (κ1) is 17.8. The topological polar surface area (TPSA) is 76.0 Å². The summed E-state index contributed by atoms with van der Waals surface area (Å²) in [6, 6.07) is 7.35. The highest BCUT2D eigenvalue weighted by Crippen LogP contribution is 2.12. The van der Waals surface area contributed by atoms with Crippen LogP contribution in [0.1, 0.15) is 29.5 Å². The molecular formula is C17H21FN4O2. The number of nitrogens with one attached hydrogen (secondary N) is 2. The molecule has 2 rings (SSSR count). The first-order valence-electron chi connectivity index (χ1n) is 7.89. The summed E-state index contributed by atoms with van der Waals surface area (Å²) in [5.41, 5.74) is -0.0987. The summed E-state index contributed by atoms with van der Waals surface area (Å²) in [6.45, 7) is 5.53. The van der Waals surface area contributed by atoms with Crippen LogP contribution in [-0.2, 0) is 0 Å². The molecule has 1 aromatic heterocycles. The van der Waals surface area contributed by atoms with Crippen LogP contribution in [0.2, 0.25) is 0 Å². The molecule has 1 heterocycles. The van der Waals surface area contributed by atoms with E-state index in [1.165, 1.54) is 22.9 Å². The molecule has 0 radical (unpaired) electrons. The Bertz CT molecular complexity index is 773. The zero-order valence-corrected chi connectivity index (χ0v) is 13.8. The molecule has 1 amide bonds. The van der Waals surface area contributed by atoms with Crippen molar-refractivity contribution in [2.45, 2.75) is 20.3 Å². The van der Waals surface area contributed by atoms with Crippen molar-refractivity contribution in [1.29, 1.82) is 0 Å². The molecule has 2 N–H and O–H groups in total. The second-order valence-corrected chi connectivity index (χ2v) is 5.37. The number of amides is 1. The van der Waals surface area contributed by atoms with Crippen molar-refractivity contribution >= 4 is 5.91 Å². The van der Waals surface area contributed by atoms with Gasteiger partial charge in [-0.15, -0.1) is 0 Å². The molecular weight excluding hydrogens is 311 g/mol. The number of halogens is 1. The maximum atomic E-state index is 14.0. The number of rotatable bonds is 7. The predicted octanol–water partition coefficient (Wildman–Crippen LogP) is 1.41. The summed E-state index contributed by atoms with van der Waals surface area (Å²) in [5.74, 6) is -1.05. The third kappa shape index (κ3) is 4.26. The van der Waals surface area contributed by atoms with Gasteiger partial charge in [0.1, 0.15) is 11.5 Å². The molecule has 0 fully saturated rings. The zero-order chi connectivity index (χ0) is 17.5.